The first-order valence-corrected chi connectivity index (χ1v) is 9.34. The normalized spacial score (nSPS) is 10.6. The number of hydrogen-bond donors (Lipinski definition) is 0. The minimum Gasteiger partial charge on any atom is -0.457 e. The fraction of sp³-hybridized carbons (Fsp3) is 0. The van der Waals surface area contributed by atoms with Crippen molar-refractivity contribution in [3.8, 4) is 33.8 Å². The summed E-state index contributed by atoms with van der Waals surface area (Å²) in [7, 11) is 0. The standard InChI is InChI=1S/C24H16Cl2O/c25-23-7-3-1-5-21(23)17-9-13-19(14-10-17)27-20-15-11-18(12-16-20)22-6-2-4-8-24(22)26/h1-16H. The molecule has 0 radical (unpaired) electrons. The molecule has 27 heavy (non-hydrogen) atoms. The number of rotatable bonds is 4. The Bertz CT molecular complexity index is 967. The van der Waals surface area contributed by atoms with Crippen molar-refractivity contribution in [1.82, 2.24) is 0 Å². The highest BCUT2D eigenvalue weighted by Gasteiger charge is 2.05. The fourth-order valence-corrected chi connectivity index (χ4v) is 3.42. The van der Waals surface area contributed by atoms with Gasteiger partial charge in [0.15, 0.2) is 0 Å². The van der Waals surface area contributed by atoms with E-state index >= 15 is 0 Å². The second kappa shape index (κ2) is 7.87. The van der Waals surface area contributed by atoms with Crippen LogP contribution >= 0.6 is 23.2 Å². The number of halogens is 2. The van der Waals surface area contributed by atoms with Crippen molar-refractivity contribution in [2.75, 3.05) is 0 Å². The van der Waals surface area contributed by atoms with Crippen molar-refractivity contribution in [1.29, 1.82) is 0 Å². The van der Waals surface area contributed by atoms with Crippen LogP contribution in [0.4, 0.5) is 0 Å². The van der Waals surface area contributed by atoms with E-state index in [-0.39, 0.29) is 0 Å². The van der Waals surface area contributed by atoms with E-state index in [9.17, 15) is 0 Å². The molecule has 0 atom stereocenters. The van der Waals surface area contributed by atoms with Gasteiger partial charge in [0.05, 0.1) is 0 Å². The molecule has 0 saturated heterocycles. The van der Waals surface area contributed by atoms with Gasteiger partial charge < -0.3 is 4.74 Å². The predicted molar refractivity (Wildman–Crippen MR) is 114 cm³/mol. The van der Waals surface area contributed by atoms with E-state index in [0.29, 0.717) is 0 Å². The van der Waals surface area contributed by atoms with Crippen LogP contribution in [0.3, 0.4) is 0 Å². The highest BCUT2D eigenvalue weighted by Crippen LogP contribution is 2.32. The summed E-state index contributed by atoms with van der Waals surface area (Å²) in [5, 5.41) is 1.47. The summed E-state index contributed by atoms with van der Waals surface area (Å²) in [6.45, 7) is 0. The quantitative estimate of drug-likeness (QED) is 0.341. The minimum absolute atomic E-state index is 0.737. The van der Waals surface area contributed by atoms with Gasteiger partial charge in [-0.2, -0.15) is 0 Å². The van der Waals surface area contributed by atoms with Crippen LogP contribution in [0.15, 0.2) is 97.1 Å². The smallest absolute Gasteiger partial charge is 0.127 e. The molecule has 3 heteroatoms. The van der Waals surface area contributed by atoms with Crippen molar-refractivity contribution >= 4 is 23.2 Å². The first-order valence-electron chi connectivity index (χ1n) is 8.58. The molecule has 0 N–H and O–H groups in total. The summed E-state index contributed by atoms with van der Waals surface area (Å²) in [5.41, 5.74) is 4.13. The molecular weight excluding hydrogens is 375 g/mol. The van der Waals surface area contributed by atoms with Gasteiger partial charge in [0.1, 0.15) is 11.5 Å². The van der Waals surface area contributed by atoms with Crippen LogP contribution in [0.2, 0.25) is 10.0 Å². The lowest BCUT2D eigenvalue weighted by molar-refractivity contribution is 0.483. The zero-order valence-electron chi connectivity index (χ0n) is 14.4. The predicted octanol–water partition coefficient (Wildman–Crippen LogP) is 8.12. The zero-order valence-corrected chi connectivity index (χ0v) is 15.9. The molecule has 1 nitrogen and oxygen atoms in total. The highest BCUT2D eigenvalue weighted by molar-refractivity contribution is 6.33. The Morgan fingerprint density at radius 2 is 0.815 bits per heavy atom. The molecule has 0 heterocycles. The molecule has 0 aliphatic carbocycles. The Kier molecular flexibility index (Phi) is 5.15. The van der Waals surface area contributed by atoms with Gasteiger partial charge in [0, 0.05) is 21.2 Å². The Balaban J connectivity index is 1.51. The first kappa shape index (κ1) is 17.7. The second-order valence-corrected chi connectivity index (χ2v) is 6.92. The molecule has 132 valence electrons. The summed E-state index contributed by atoms with van der Waals surface area (Å²) in [4.78, 5) is 0. The summed E-state index contributed by atoms with van der Waals surface area (Å²) in [6.07, 6.45) is 0. The van der Waals surface area contributed by atoms with E-state index in [4.69, 9.17) is 27.9 Å². The molecule has 0 fully saturated rings. The van der Waals surface area contributed by atoms with Gasteiger partial charge in [-0.25, -0.2) is 0 Å². The average molecular weight is 391 g/mol. The van der Waals surface area contributed by atoms with Crippen molar-refractivity contribution in [2.45, 2.75) is 0 Å². The van der Waals surface area contributed by atoms with Crippen LogP contribution in [0.25, 0.3) is 22.3 Å². The molecule has 4 aromatic rings. The van der Waals surface area contributed by atoms with E-state index in [1.165, 1.54) is 0 Å². The minimum atomic E-state index is 0.737. The van der Waals surface area contributed by atoms with Crippen molar-refractivity contribution in [3.05, 3.63) is 107 Å². The van der Waals surface area contributed by atoms with E-state index in [2.05, 4.69) is 0 Å². The van der Waals surface area contributed by atoms with E-state index < -0.39 is 0 Å². The fourth-order valence-electron chi connectivity index (χ4n) is 2.93. The molecule has 0 aromatic heterocycles. The van der Waals surface area contributed by atoms with Crippen molar-refractivity contribution in [3.63, 3.8) is 0 Å². The van der Waals surface area contributed by atoms with Gasteiger partial charge in [-0.1, -0.05) is 83.9 Å². The second-order valence-electron chi connectivity index (χ2n) is 6.11. The van der Waals surface area contributed by atoms with Crippen LogP contribution in [-0.2, 0) is 0 Å². The summed E-state index contributed by atoms with van der Waals surface area (Å²) in [5.74, 6) is 1.55. The maximum absolute atomic E-state index is 6.26. The third-order valence-corrected chi connectivity index (χ3v) is 4.97. The lowest BCUT2D eigenvalue weighted by Crippen LogP contribution is -1.86. The number of ether oxygens (including phenoxy) is 1. The van der Waals surface area contributed by atoms with Gasteiger partial charge in [-0.15, -0.1) is 0 Å². The van der Waals surface area contributed by atoms with Gasteiger partial charge >= 0.3 is 0 Å². The molecule has 0 spiro atoms. The molecule has 0 aliphatic heterocycles. The van der Waals surface area contributed by atoms with Crippen LogP contribution in [0.5, 0.6) is 11.5 Å². The summed E-state index contributed by atoms with van der Waals surface area (Å²) in [6, 6.07) is 31.4. The summed E-state index contributed by atoms with van der Waals surface area (Å²) < 4.78 is 5.95. The lowest BCUT2D eigenvalue weighted by Gasteiger charge is -2.09. The summed E-state index contributed by atoms with van der Waals surface area (Å²) >= 11 is 12.5. The van der Waals surface area contributed by atoms with Crippen LogP contribution in [0, 0.1) is 0 Å². The molecule has 4 rings (SSSR count). The third-order valence-electron chi connectivity index (χ3n) is 4.31. The Labute approximate surface area is 168 Å². The maximum Gasteiger partial charge on any atom is 0.127 e. The number of hydrogen-bond acceptors (Lipinski definition) is 1. The van der Waals surface area contributed by atoms with Crippen molar-refractivity contribution < 1.29 is 4.74 Å². The average Bonchev–Trinajstić information content (AvgIpc) is 2.70. The highest BCUT2D eigenvalue weighted by atomic mass is 35.5. The third kappa shape index (κ3) is 4.00. The molecule has 0 bridgehead atoms. The Morgan fingerprint density at radius 3 is 1.19 bits per heavy atom. The zero-order chi connectivity index (χ0) is 18.6. The maximum atomic E-state index is 6.26. The van der Waals surface area contributed by atoms with E-state index in [1.807, 2.05) is 97.1 Å². The topological polar surface area (TPSA) is 9.23 Å². The largest absolute Gasteiger partial charge is 0.457 e. The molecule has 0 saturated carbocycles. The Hall–Kier alpha value is -2.74. The molecule has 0 aliphatic rings. The first-order chi connectivity index (χ1) is 13.2. The van der Waals surface area contributed by atoms with Crippen LogP contribution in [-0.4, -0.2) is 0 Å². The molecule has 4 aromatic carbocycles. The van der Waals surface area contributed by atoms with Gasteiger partial charge in [0.25, 0.3) is 0 Å². The number of benzene rings is 4. The van der Waals surface area contributed by atoms with Gasteiger partial charge in [0.2, 0.25) is 0 Å². The molecular formula is C24H16Cl2O. The van der Waals surface area contributed by atoms with E-state index in [1.54, 1.807) is 0 Å². The van der Waals surface area contributed by atoms with Crippen molar-refractivity contribution in [2.24, 2.45) is 0 Å². The SMILES string of the molecule is Clc1ccccc1-c1ccc(Oc2ccc(-c3ccccc3Cl)cc2)cc1. The Morgan fingerprint density at radius 1 is 0.444 bits per heavy atom. The van der Waals surface area contributed by atoms with Crippen LogP contribution < -0.4 is 4.74 Å². The lowest BCUT2D eigenvalue weighted by atomic mass is 10.1. The van der Waals surface area contributed by atoms with Gasteiger partial charge in [-0.3, -0.25) is 0 Å². The molecule has 0 unspecified atom stereocenters. The molecule has 0 amide bonds. The van der Waals surface area contributed by atoms with E-state index in [0.717, 1.165) is 43.8 Å². The van der Waals surface area contributed by atoms with Crippen LogP contribution in [0.1, 0.15) is 0 Å². The monoisotopic (exact) mass is 390 g/mol. The van der Waals surface area contributed by atoms with Gasteiger partial charge in [-0.05, 0) is 47.5 Å².